The number of hydrogen-bond donors (Lipinski definition) is 1. The van der Waals surface area contributed by atoms with Gasteiger partial charge in [0.05, 0.1) is 4.88 Å². The molecule has 0 fully saturated rings. The maximum Gasteiger partial charge on any atom is 0.180 e. The summed E-state index contributed by atoms with van der Waals surface area (Å²) in [5.74, 6) is 1.46. The fourth-order valence-electron chi connectivity index (χ4n) is 1.78. The molecule has 0 spiro atoms. The number of para-hydroxylation sites is 1. The Hall–Kier alpha value is -1.55. The van der Waals surface area contributed by atoms with E-state index < -0.39 is 0 Å². The highest BCUT2D eigenvalue weighted by Crippen LogP contribution is 2.29. The molecule has 0 amide bonds. The highest BCUT2D eigenvalue weighted by molar-refractivity contribution is 7.15. The Labute approximate surface area is 112 Å². The summed E-state index contributed by atoms with van der Waals surface area (Å²) >= 11 is 1.47. The predicted molar refractivity (Wildman–Crippen MR) is 76.0 cm³/mol. The van der Waals surface area contributed by atoms with Crippen LogP contribution in [0.5, 0.6) is 5.75 Å². The number of ether oxygens (including phenoxy) is 1. The van der Waals surface area contributed by atoms with Crippen molar-refractivity contribution >= 4 is 16.5 Å². The average Bonchev–Trinajstić information content (AvgIpc) is 2.81. The molecule has 0 aliphatic heterocycles. The molecule has 1 atom stereocenters. The molecule has 1 heterocycles. The van der Waals surface area contributed by atoms with E-state index in [9.17, 15) is 0 Å². The standard InChI is InChI=1S/C14H18N2OS/c1-3-10(2)12-6-4-5-7-13(12)17-9-11-8-16-14(15)18-11/h4-8,10H,3,9H2,1-2H3,(H2,15,16). The second kappa shape index (κ2) is 5.87. The van der Waals surface area contributed by atoms with E-state index in [0.29, 0.717) is 17.7 Å². The second-order valence-electron chi connectivity index (χ2n) is 4.30. The summed E-state index contributed by atoms with van der Waals surface area (Å²) in [5.41, 5.74) is 6.86. The van der Waals surface area contributed by atoms with Crippen LogP contribution in [0.2, 0.25) is 0 Å². The van der Waals surface area contributed by atoms with Gasteiger partial charge >= 0.3 is 0 Å². The van der Waals surface area contributed by atoms with Gasteiger partial charge in [0.15, 0.2) is 5.13 Å². The molecule has 3 nitrogen and oxygen atoms in total. The van der Waals surface area contributed by atoms with E-state index in [0.717, 1.165) is 17.0 Å². The molecule has 4 heteroatoms. The Kier molecular flexibility index (Phi) is 4.20. The zero-order valence-corrected chi connectivity index (χ0v) is 11.5. The van der Waals surface area contributed by atoms with Gasteiger partial charge in [-0.25, -0.2) is 4.98 Å². The van der Waals surface area contributed by atoms with E-state index in [-0.39, 0.29) is 0 Å². The first-order chi connectivity index (χ1) is 8.70. The number of nitrogens with zero attached hydrogens (tertiary/aromatic N) is 1. The minimum atomic E-state index is 0.507. The van der Waals surface area contributed by atoms with Crippen molar-refractivity contribution in [3.8, 4) is 5.75 Å². The molecule has 2 N–H and O–H groups in total. The Balaban J connectivity index is 2.09. The van der Waals surface area contributed by atoms with Gasteiger partial charge in [-0.3, -0.25) is 0 Å². The first kappa shape index (κ1) is 12.9. The van der Waals surface area contributed by atoms with Crippen LogP contribution in [0.3, 0.4) is 0 Å². The highest BCUT2D eigenvalue weighted by Gasteiger charge is 2.10. The van der Waals surface area contributed by atoms with Gasteiger partial charge in [-0.2, -0.15) is 0 Å². The average molecular weight is 262 g/mol. The molecule has 1 unspecified atom stereocenters. The third kappa shape index (κ3) is 3.01. The molecule has 0 aliphatic carbocycles. The van der Waals surface area contributed by atoms with Gasteiger partial charge in [-0.1, -0.05) is 43.4 Å². The number of thiazole rings is 1. The number of nitrogens with two attached hydrogens (primary N) is 1. The molecule has 0 saturated heterocycles. The van der Waals surface area contributed by atoms with E-state index in [2.05, 4.69) is 31.0 Å². The molecule has 0 saturated carbocycles. The van der Waals surface area contributed by atoms with E-state index >= 15 is 0 Å². The van der Waals surface area contributed by atoms with Crippen LogP contribution in [-0.2, 0) is 6.61 Å². The van der Waals surface area contributed by atoms with Crippen molar-refractivity contribution in [3.63, 3.8) is 0 Å². The predicted octanol–water partition coefficient (Wildman–Crippen LogP) is 3.82. The topological polar surface area (TPSA) is 48.1 Å². The monoisotopic (exact) mass is 262 g/mol. The lowest BCUT2D eigenvalue weighted by atomic mass is 9.98. The molecule has 2 aromatic rings. The van der Waals surface area contributed by atoms with Crippen molar-refractivity contribution in [2.75, 3.05) is 5.73 Å². The minimum Gasteiger partial charge on any atom is -0.488 e. The van der Waals surface area contributed by atoms with Gasteiger partial charge in [0.2, 0.25) is 0 Å². The smallest absolute Gasteiger partial charge is 0.180 e. The fourth-order valence-corrected chi connectivity index (χ4v) is 2.37. The number of rotatable bonds is 5. The lowest BCUT2D eigenvalue weighted by Gasteiger charge is -2.15. The van der Waals surface area contributed by atoms with Crippen molar-refractivity contribution < 1.29 is 4.74 Å². The third-order valence-corrected chi connectivity index (χ3v) is 3.80. The van der Waals surface area contributed by atoms with Crippen LogP contribution in [0.1, 0.15) is 36.6 Å². The quantitative estimate of drug-likeness (QED) is 0.891. The number of benzene rings is 1. The summed E-state index contributed by atoms with van der Waals surface area (Å²) in [6.07, 6.45) is 2.87. The van der Waals surface area contributed by atoms with Crippen LogP contribution < -0.4 is 10.5 Å². The maximum absolute atomic E-state index is 5.87. The van der Waals surface area contributed by atoms with Crippen LogP contribution >= 0.6 is 11.3 Å². The lowest BCUT2D eigenvalue weighted by molar-refractivity contribution is 0.304. The SMILES string of the molecule is CCC(C)c1ccccc1OCc1cnc(N)s1. The van der Waals surface area contributed by atoms with Crippen molar-refractivity contribution in [1.82, 2.24) is 4.98 Å². The normalized spacial score (nSPS) is 12.3. The summed E-state index contributed by atoms with van der Waals surface area (Å²) in [4.78, 5) is 5.07. The van der Waals surface area contributed by atoms with Crippen LogP contribution in [0, 0.1) is 0 Å². The summed E-state index contributed by atoms with van der Waals surface area (Å²) < 4.78 is 5.87. The van der Waals surface area contributed by atoms with Crippen molar-refractivity contribution in [2.24, 2.45) is 0 Å². The zero-order chi connectivity index (χ0) is 13.0. The fraction of sp³-hybridized carbons (Fsp3) is 0.357. The summed E-state index contributed by atoms with van der Waals surface area (Å²) in [7, 11) is 0. The lowest BCUT2D eigenvalue weighted by Crippen LogP contribution is -1.99. The zero-order valence-electron chi connectivity index (χ0n) is 10.7. The third-order valence-electron chi connectivity index (χ3n) is 3.00. The first-order valence-electron chi connectivity index (χ1n) is 6.12. The van der Waals surface area contributed by atoms with Crippen LogP contribution in [-0.4, -0.2) is 4.98 Å². The Bertz CT molecular complexity index is 510. The van der Waals surface area contributed by atoms with E-state index in [4.69, 9.17) is 10.5 Å². The molecule has 1 aromatic carbocycles. The number of anilines is 1. The van der Waals surface area contributed by atoms with Crippen molar-refractivity contribution in [1.29, 1.82) is 0 Å². The Morgan fingerprint density at radius 1 is 1.39 bits per heavy atom. The van der Waals surface area contributed by atoms with Crippen molar-refractivity contribution in [2.45, 2.75) is 32.8 Å². The Morgan fingerprint density at radius 3 is 2.83 bits per heavy atom. The van der Waals surface area contributed by atoms with Crippen molar-refractivity contribution in [3.05, 3.63) is 40.9 Å². The molecular formula is C14H18N2OS. The summed E-state index contributed by atoms with van der Waals surface area (Å²) in [6, 6.07) is 8.21. The molecule has 1 aromatic heterocycles. The van der Waals surface area contributed by atoms with Crippen LogP contribution in [0.15, 0.2) is 30.5 Å². The second-order valence-corrected chi connectivity index (χ2v) is 5.45. The van der Waals surface area contributed by atoms with Crippen LogP contribution in [0.25, 0.3) is 0 Å². The highest BCUT2D eigenvalue weighted by atomic mass is 32.1. The maximum atomic E-state index is 5.87. The molecule has 18 heavy (non-hydrogen) atoms. The summed E-state index contributed by atoms with van der Waals surface area (Å²) in [5, 5.41) is 0.587. The van der Waals surface area contributed by atoms with Gasteiger partial charge in [-0.05, 0) is 24.0 Å². The first-order valence-corrected chi connectivity index (χ1v) is 6.94. The van der Waals surface area contributed by atoms with Crippen LogP contribution in [0.4, 0.5) is 5.13 Å². The largest absolute Gasteiger partial charge is 0.488 e. The van der Waals surface area contributed by atoms with E-state index in [1.807, 2.05) is 12.1 Å². The van der Waals surface area contributed by atoms with Gasteiger partial charge < -0.3 is 10.5 Å². The van der Waals surface area contributed by atoms with E-state index in [1.54, 1.807) is 6.20 Å². The van der Waals surface area contributed by atoms with Gasteiger partial charge in [-0.15, -0.1) is 0 Å². The molecular weight excluding hydrogens is 244 g/mol. The number of aromatic nitrogens is 1. The van der Waals surface area contributed by atoms with Gasteiger partial charge in [0.1, 0.15) is 12.4 Å². The molecule has 0 radical (unpaired) electrons. The summed E-state index contributed by atoms with van der Waals surface area (Å²) in [6.45, 7) is 4.93. The number of hydrogen-bond acceptors (Lipinski definition) is 4. The Morgan fingerprint density at radius 2 is 2.17 bits per heavy atom. The molecule has 0 aliphatic rings. The van der Waals surface area contributed by atoms with E-state index in [1.165, 1.54) is 16.9 Å². The number of nitrogen functional groups attached to an aromatic ring is 1. The molecule has 0 bridgehead atoms. The van der Waals surface area contributed by atoms with Gasteiger partial charge in [0.25, 0.3) is 0 Å². The molecule has 96 valence electrons. The minimum absolute atomic E-state index is 0.507. The molecule has 2 rings (SSSR count). The van der Waals surface area contributed by atoms with Gasteiger partial charge in [0, 0.05) is 6.20 Å².